The van der Waals surface area contributed by atoms with Crippen molar-refractivity contribution in [2.24, 2.45) is 4.99 Å². The monoisotopic (exact) mass is 515 g/mol. The van der Waals surface area contributed by atoms with Crippen molar-refractivity contribution in [3.05, 3.63) is 66.0 Å². The first-order chi connectivity index (χ1) is 13.1. The Morgan fingerprint density at radius 2 is 1.89 bits per heavy atom. The average molecular weight is 515 g/mol. The summed E-state index contributed by atoms with van der Waals surface area (Å²) in [7, 11) is -1.03. The fourth-order valence-corrected chi connectivity index (χ4v) is 4.02. The molecular formula is C21H27FIN3OS. The molecule has 2 N–H and O–H groups in total. The summed E-state index contributed by atoms with van der Waals surface area (Å²) in [5.41, 5.74) is 0.976. The van der Waals surface area contributed by atoms with E-state index in [1.54, 1.807) is 12.1 Å². The quantitative estimate of drug-likeness (QED) is 0.319. The third-order valence-corrected chi connectivity index (χ3v) is 6.13. The van der Waals surface area contributed by atoms with Crippen LogP contribution in [0.1, 0.15) is 25.3 Å². The summed E-state index contributed by atoms with van der Waals surface area (Å²) < 4.78 is 25.8. The molecule has 2 aromatic carbocycles. The second kappa shape index (κ2) is 10.9. The van der Waals surface area contributed by atoms with Crippen LogP contribution in [0.5, 0.6) is 0 Å². The van der Waals surface area contributed by atoms with Gasteiger partial charge in [0.2, 0.25) is 0 Å². The molecule has 0 radical (unpaired) electrons. The molecule has 1 aliphatic carbocycles. The Bertz CT molecular complexity index is 812. The minimum atomic E-state index is -1.03. The predicted octanol–water partition coefficient (Wildman–Crippen LogP) is 3.84. The van der Waals surface area contributed by atoms with Gasteiger partial charge in [-0.3, -0.25) is 9.20 Å². The van der Waals surface area contributed by atoms with Crippen LogP contribution in [0.4, 0.5) is 4.39 Å². The summed E-state index contributed by atoms with van der Waals surface area (Å²) >= 11 is 0. The molecule has 152 valence electrons. The first kappa shape index (κ1) is 22.8. The number of halogens is 2. The summed E-state index contributed by atoms with van der Waals surface area (Å²) in [5, 5.41) is 6.48. The molecule has 2 aromatic rings. The molecule has 1 atom stereocenters. The zero-order chi connectivity index (χ0) is 19.1. The number of rotatable bonds is 8. The number of nitrogens with one attached hydrogen (secondary N) is 2. The number of aliphatic imine (C=N–C) groups is 1. The molecule has 1 unspecified atom stereocenters. The Hall–Kier alpha value is -1.48. The van der Waals surface area contributed by atoms with E-state index in [0.29, 0.717) is 24.8 Å². The van der Waals surface area contributed by atoms with Gasteiger partial charge in [0.05, 0.1) is 17.3 Å². The molecule has 0 heterocycles. The molecule has 28 heavy (non-hydrogen) atoms. The Morgan fingerprint density at radius 3 is 2.54 bits per heavy atom. The van der Waals surface area contributed by atoms with Gasteiger partial charge in [0, 0.05) is 29.2 Å². The van der Waals surface area contributed by atoms with Crippen molar-refractivity contribution in [1.82, 2.24) is 10.6 Å². The first-order valence-corrected chi connectivity index (χ1v) is 10.7. The highest BCUT2D eigenvalue weighted by Crippen LogP contribution is 2.48. The van der Waals surface area contributed by atoms with Crippen molar-refractivity contribution >= 4 is 40.7 Å². The molecule has 1 aliphatic rings. The van der Waals surface area contributed by atoms with Crippen molar-refractivity contribution in [3.8, 4) is 0 Å². The molecule has 0 amide bonds. The molecule has 0 aromatic heterocycles. The Morgan fingerprint density at radius 1 is 1.14 bits per heavy atom. The molecule has 1 fully saturated rings. The Kier molecular flexibility index (Phi) is 8.88. The van der Waals surface area contributed by atoms with Gasteiger partial charge in [-0.05, 0) is 49.6 Å². The fraction of sp³-hybridized carbons (Fsp3) is 0.381. The topological polar surface area (TPSA) is 53.5 Å². The molecule has 3 rings (SSSR count). The van der Waals surface area contributed by atoms with Crippen LogP contribution < -0.4 is 10.6 Å². The van der Waals surface area contributed by atoms with Crippen LogP contribution in [0.25, 0.3) is 0 Å². The Balaban J connectivity index is 0.00000280. The lowest BCUT2D eigenvalue weighted by Crippen LogP contribution is -2.39. The minimum Gasteiger partial charge on any atom is -0.357 e. The van der Waals surface area contributed by atoms with E-state index in [-0.39, 0.29) is 35.2 Å². The lowest BCUT2D eigenvalue weighted by Gasteiger charge is -2.16. The van der Waals surface area contributed by atoms with Gasteiger partial charge < -0.3 is 10.6 Å². The van der Waals surface area contributed by atoms with Gasteiger partial charge in [-0.25, -0.2) is 4.39 Å². The van der Waals surface area contributed by atoms with E-state index in [2.05, 4.69) is 10.6 Å². The van der Waals surface area contributed by atoms with Gasteiger partial charge in [0.1, 0.15) is 5.82 Å². The normalized spacial score (nSPS) is 16.0. The SMILES string of the molecule is CCNC(=NCC1(c2cccc(F)c2)CC1)NCCS(=O)c1ccccc1.I. The van der Waals surface area contributed by atoms with Crippen LogP contribution in [0, 0.1) is 5.82 Å². The van der Waals surface area contributed by atoms with Gasteiger partial charge in [-0.15, -0.1) is 24.0 Å². The summed E-state index contributed by atoms with van der Waals surface area (Å²) in [6.45, 7) is 3.95. The molecule has 0 spiro atoms. The van der Waals surface area contributed by atoms with Gasteiger partial charge in [0.25, 0.3) is 0 Å². The summed E-state index contributed by atoms with van der Waals surface area (Å²) in [6, 6.07) is 16.3. The number of guanidine groups is 1. The van der Waals surface area contributed by atoms with Crippen molar-refractivity contribution in [2.75, 3.05) is 25.4 Å². The van der Waals surface area contributed by atoms with E-state index in [1.807, 2.05) is 43.3 Å². The van der Waals surface area contributed by atoms with Crippen LogP contribution in [0.3, 0.4) is 0 Å². The lowest BCUT2D eigenvalue weighted by atomic mass is 9.96. The molecule has 1 saturated carbocycles. The maximum absolute atomic E-state index is 13.5. The second-order valence-corrected chi connectivity index (χ2v) is 8.35. The Labute approximate surface area is 185 Å². The van der Waals surface area contributed by atoms with Gasteiger partial charge in [0.15, 0.2) is 5.96 Å². The van der Waals surface area contributed by atoms with E-state index in [0.717, 1.165) is 29.8 Å². The third-order valence-electron chi connectivity index (χ3n) is 4.76. The summed E-state index contributed by atoms with van der Waals surface area (Å²) in [6.07, 6.45) is 2.05. The van der Waals surface area contributed by atoms with Crippen LogP contribution in [-0.4, -0.2) is 35.6 Å². The van der Waals surface area contributed by atoms with E-state index in [1.165, 1.54) is 6.07 Å². The van der Waals surface area contributed by atoms with Crippen molar-refractivity contribution < 1.29 is 8.60 Å². The van der Waals surface area contributed by atoms with Crippen LogP contribution >= 0.6 is 24.0 Å². The molecule has 0 saturated heterocycles. The van der Waals surface area contributed by atoms with Crippen molar-refractivity contribution in [1.29, 1.82) is 0 Å². The number of nitrogens with zero attached hydrogens (tertiary/aromatic N) is 1. The summed E-state index contributed by atoms with van der Waals surface area (Å²) in [5.74, 6) is 1.03. The highest BCUT2D eigenvalue weighted by Gasteiger charge is 2.44. The van der Waals surface area contributed by atoms with Gasteiger partial charge >= 0.3 is 0 Å². The van der Waals surface area contributed by atoms with Crippen LogP contribution in [0.2, 0.25) is 0 Å². The third kappa shape index (κ3) is 6.27. The van der Waals surface area contributed by atoms with Crippen LogP contribution in [0.15, 0.2) is 64.5 Å². The number of hydrogen-bond acceptors (Lipinski definition) is 2. The fourth-order valence-electron chi connectivity index (χ4n) is 3.03. The number of hydrogen-bond donors (Lipinski definition) is 2. The largest absolute Gasteiger partial charge is 0.357 e. The molecule has 7 heteroatoms. The highest BCUT2D eigenvalue weighted by molar-refractivity contribution is 14.0. The molecule has 0 bridgehead atoms. The van der Waals surface area contributed by atoms with E-state index >= 15 is 0 Å². The van der Waals surface area contributed by atoms with Crippen molar-refractivity contribution in [3.63, 3.8) is 0 Å². The zero-order valence-electron chi connectivity index (χ0n) is 16.0. The van der Waals surface area contributed by atoms with E-state index in [9.17, 15) is 8.60 Å². The zero-order valence-corrected chi connectivity index (χ0v) is 19.1. The molecular weight excluding hydrogens is 488 g/mol. The first-order valence-electron chi connectivity index (χ1n) is 9.35. The maximum atomic E-state index is 13.5. The maximum Gasteiger partial charge on any atom is 0.191 e. The average Bonchev–Trinajstić information content (AvgIpc) is 3.48. The van der Waals surface area contributed by atoms with Gasteiger partial charge in [-0.1, -0.05) is 30.3 Å². The number of benzene rings is 2. The smallest absolute Gasteiger partial charge is 0.191 e. The van der Waals surface area contributed by atoms with Crippen molar-refractivity contribution in [2.45, 2.75) is 30.1 Å². The minimum absolute atomic E-state index is 0. The second-order valence-electron chi connectivity index (χ2n) is 6.78. The standard InChI is InChI=1S/C21H26FN3OS.HI/c1-2-23-20(24-13-14-27(26)19-9-4-3-5-10-19)25-16-21(11-12-21)17-7-6-8-18(22)15-17;/h3-10,15H,2,11-14,16H2,1H3,(H2,23,24,25);1H. The van der Waals surface area contributed by atoms with E-state index < -0.39 is 10.8 Å². The molecule has 4 nitrogen and oxygen atoms in total. The molecule has 0 aliphatic heterocycles. The van der Waals surface area contributed by atoms with Crippen LogP contribution in [-0.2, 0) is 16.2 Å². The summed E-state index contributed by atoms with van der Waals surface area (Å²) in [4.78, 5) is 5.53. The predicted molar refractivity (Wildman–Crippen MR) is 124 cm³/mol. The van der Waals surface area contributed by atoms with E-state index in [4.69, 9.17) is 4.99 Å². The highest BCUT2D eigenvalue weighted by atomic mass is 127. The van der Waals surface area contributed by atoms with Gasteiger partial charge in [-0.2, -0.15) is 0 Å². The lowest BCUT2D eigenvalue weighted by molar-refractivity contribution is 0.616.